The monoisotopic (exact) mass is 299 g/mol. The molecule has 2 aromatic carbocycles. The molecule has 116 valence electrons. The number of hydrogen-bond donors (Lipinski definition) is 1. The lowest BCUT2D eigenvalue weighted by Crippen LogP contribution is -2.26. The summed E-state index contributed by atoms with van der Waals surface area (Å²) in [4.78, 5) is 10.4. The molecule has 0 aliphatic rings. The molecule has 1 amide bonds. The fourth-order valence-corrected chi connectivity index (χ4v) is 2.22. The third-order valence-electron chi connectivity index (χ3n) is 3.36. The van der Waals surface area contributed by atoms with E-state index in [0.717, 1.165) is 24.0 Å². The van der Waals surface area contributed by atoms with Gasteiger partial charge in [-0.1, -0.05) is 36.4 Å². The molecular weight excluding hydrogens is 278 g/mol. The van der Waals surface area contributed by atoms with Gasteiger partial charge in [-0.2, -0.15) is 0 Å². The van der Waals surface area contributed by atoms with Crippen molar-refractivity contribution in [3.8, 4) is 11.5 Å². The molecule has 0 aromatic heterocycles. The van der Waals surface area contributed by atoms with Crippen molar-refractivity contribution in [2.45, 2.75) is 26.0 Å². The van der Waals surface area contributed by atoms with Crippen molar-refractivity contribution < 1.29 is 14.3 Å². The highest BCUT2D eigenvalue weighted by Gasteiger charge is 2.08. The molecule has 22 heavy (non-hydrogen) atoms. The third kappa shape index (κ3) is 4.52. The van der Waals surface area contributed by atoms with Gasteiger partial charge >= 0.3 is 0 Å². The maximum absolute atomic E-state index is 10.4. The van der Waals surface area contributed by atoms with Crippen LogP contribution in [0.2, 0.25) is 0 Å². The molecule has 0 aliphatic heterocycles. The molecule has 0 heterocycles. The van der Waals surface area contributed by atoms with Crippen LogP contribution < -0.4 is 14.8 Å². The highest BCUT2D eigenvalue weighted by Crippen LogP contribution is 2.29. The first-order valence-electron chi connectivity index (χ1n) is 7.26. The predicted molar refractivity (Wildman–Crippen MR) is 86.1 cm³/mol. The predicted octanol–water partition coefficient (Wildman–Crippen LogP) is 2.95. The highest BCUT2D eigenvalue weighted by atomic mass is 16.5. The van der Waals surface area contributed by atoms with Gasteiger partial charge in [0, 0.05) is 6.04 Å². The SMILES string of the molecule is COc1cc(C[C@@H](C)NC=O)ccc1OCc1ccccc1. The molecular formula is C18H21NO3. The average molecular weight is 299 g/mol. The molecule has 2 rings (SSSR count). The van der Waals surface area contributed by atoms with E-state index in [0.29, 0.717) is 18.1 Å². The molecule has 1 N–H and O–H groups in total. The zero-order valence-corrected chi connectivity index (χ0v) is 12.9. The fourth-order valence-electron chi connectivity index (χ4n) is 2.22. The van der Waals surface area contributed by atoms with Crippen LogP contribution in [-0.4, -0.2) is 19.6 Å². The number of carbonyl (C=O) groups is 1. The Morgan fingerprint density at radius 2 is 1.86 bits per heavy atom. The fraction of sp³-hybridized carbons (Fsp3) is 0.278. The van der Waals surface area contributed by atoms with E-state index in [1.54, 1.807) is 7.11 Å². The Morgan fingerprint density at radius 3 is 2.55 bits per heavy atom. The van der Waals surface area contributed by atoms with Crippen LogP contribution in [-0.2, 0) is 17.8 Å². The Morgan fingerprint density at radius 1 is 1.09 bits per heavy atom. The van der Waals surface area contributed by atoms with E-state index in [9.17, 15) is 4.79 Å². The summed E-state index contributed by atoms with van der Waals surface area (Å²) in [5, 5.41) is 2.74. The summed E-state index contributed by atoms with van der Waals surface area (Å²) in [7, 11) is 1.63. The number of ether oxygens (including phenoxy) is 2. The van der Waals surface area contributed by atoms with E-state index >= 15 is 0 Å². The Labute approximate surface area is 131 Å². The second kappa shape index (κ2) is 8.08. The van der Waals surface area contributed by atoms with E-state index in [2.05, 4.69) is 5.32 Å². The molecule has 1 atom stereocenters. The van der Waals surface area contributed by atoms with E-state index in [1.165, 1.54) is 0 Å². The molecule has 2 aromatic rings. The van der Waals surface area contributed by atoms with Crippen LogP contribution in [0.3, 0.4) is 0 Å². The first kappa shape index (κ1) is 15.9. The van der Waals surface area contributed by atoms with Crippen molar-refractivity contribution in [3.05, 3.63) is 59.7 Å². The van der Waals surface area contributed by atoms with Crippen LogP contribution in [0.1, 0.15) is 18.1 Å². The summed E-state index contributed by atoms with van der Waals surface area (Å²) in [6, 6.07) is 15.9. The van der Waals surface area contributed by atoms with Gasteiger partial charge < -0.3 is 14.8 Å². The van der Waals surface area contributed by atoms with Gasteiger partial charge in [-0.3, -0.25) is 4.79 Å². The van der Waals surface area contributed by atoms with Crippen LogP contribution in [0.15, 0.2) is 48.5 Å². The van der Waals surface area contributed by atoms with Gasteiger partial charge in [0.25, 0.3) is 0 Å². The molecule has 0 spiro atoms. The molecule has 0 saturated heterocycles. The standard InChI is InChI=1S/C18H21NO3/c1-14(19-13-20)10-16-8-9-17(18(11-16)21-2)22-12-15-6-4-3-5-7-15/h3-9,11,13-14H,10,12H2,1-2H3,(H,19,20)/t14-/m1/s1. The van der Waals surface area contributed by atoms with Crippen LogP contribution in [0.4, 0.5) is 0 Å². The quantitative estimate of drug-likeness (QED) is 0.762. The van der Waals surface area contributed by atoms with Crippen LogP contribution in [0, 0.1) is 0 Å². The number of methoxy groups -OCH3 is 1. The van der Waals surface area contributed by atoms with Crippen LogP contribution >= 0.6 is 0 Å². The Balaban J connectivity index is 2.04. The minimum Gasteiger partial charge on any atom is -0.493 e. The smallest absolute Gasteiger partial charge is 0.207 e. The van der Waals surface area contributed by atoms with Crippen molar-refractivity contribution in [1.29, 1.82) is 0 Å². The lowest BCUT2D eigenvalue weighted by atomic mass is 10.1. The second-order valence-electron chi connectivity index (χ2n) is 5.15. The van der Waals surface area contributed by atoms with Crippen molar-refractivity contribution >= 4 is 6.41 Å². The Hall–Kier alpha value is -2.49. The van der Waals surface area contributed by atoms with E-state index in [4.69, 9.17) is 9.47 Å². The van der Waals surface area contributed by atoms with Crippen molar-refractivity contribution in [2.24, 2.45) is 0 Å². The van der Waals surface area contributed by atoms with E-state index in [-0.39, 0.29) is 6.04 Å². The second-order valence-corrected chi connectivity index (χ2v) is 5.15. The summed E-state index contributed by atoms with van der Waals surface area (Å²) in [6.45, 7) is 2.46. The van der Waals surface area contributed by atoms with Crippen LogP contribution in [0.25, 0.3) is 0 Å². The molecule has 4 nitrogen and oxygen atoms in total. The van der Waals surface area contributed by atoms with Crippen molar-refractivity contribution in [2.75, 3.05) is 7.11 Å². The number of hydrogen-bond acceptors (Lipinski definition) is 3. The maximum Gasteiger partial charge on any atom is 0.207 e. The number of carbonyl (C=O) groups excluding carboxylic acids is 1. The summed E-state index contributed by atoms with van der Waals surface area (Å²) >= 11 is 0. The minimum atomic E-state index is 0.0818. The third-order valence-corrected chi connectivity index (χ3v) is 3.36. The minimum absolute atomic E-state index is 0.0818. The number of rotatable bonds is 8. The van der Waals surface area contributed by atoms with Gasteiger partial charge in [-0.05, 0) is 36.6 Å². The Kier molecular flexibility index (Phi) is 5.83. The van der Waals surface area contributed by atoms with Gasteiger partial charge in [-0.25, -0.2) is 0 Å². The molecule has 0 saturated carbocycles. The number of nitrogens with one attached hydrogen (secondary N) is 1. The summed E-state index contributed by atoms with van der Waals surface area (Å²) in [5.74, 6) is 1.41. The normalized spacial score (nSPS) is 11.5. The zero-order valence-electron chi connectivity index (χ0n) is 12.9. The topological polar surface area (TPSA) is 47.6 Å². The van der Waals surface area contributed by atoms with E-state index < -0.39 is 0 Å². The van der Waals surface area contributed by atoms with Gasteiger partial charge in [-0.15, -0.1) is 0 Å². The largest absolute Gasteiger partial charge is 0.493 e. The molecule has 4 heteroatoms. The van der Waals surface area contributed by atoms with Crippen molar-refractivity contribution in [1.82, 2.24) is 5.32 Å². The van der Waals surface area contributed by atoms with Gasteiger partial charge in [0.15, 0.2) is 11.5 Å². The summed E-state index contributed by atoms with van der Waals surface area (Å²) in [5.41, 5.74) is 2.20. The number of amides is 1. The Bertz CT molecular complexity index is 599. The summed E-state index contributed by atoms with van der Waals surface area (Å²) < 4.78 is 11.2. The highest BCUT2D eigenvalue weighted by molar-refractivity contribution is 5.47. The van der Waals surface area contributed by atoms with Gasteiger partial charge in [0.2, 0.25) is 6.41 Å². The first-order valence-corrected chi connectivity index (χ1v) is 7.26. The molecule has 0 bridgehead atoms. The lowest BCUT2D eigenvalue weighted by Gasteiger charge is -2.14. The maximum atomic E-state index is 10.4. The van der Waals surface area contributed by atoms with E-state index in [1.807, 2.05) is 55.5 Å². The average Bonchev–Trinajstić information content (AvgIpc) is 2.54. The van der Waals surface area contributed by atoms with Crippen LogP contribution in [0.5, 0.6) is 11.5 Å². The van der Waals surface area contributed by atoms with Gasteiger partial charge in [0.1, 0.15) is 6.61 Å². The molecule has 0 unspecified atom stereocenters. The first-order chi connectivity index (χ1) is 10.7. The molecule has 0 aliphatic carbocycles. The number of benzene rings is 2. The lowest BCUT2D eigenvalue weighted by molar-refractivity contribution is -0.110. The zero-order chi connectivity index (χ0) is 15.8. The molecule has 0 fully saturated rings. The van der Waals surface area contributed by atoms with Crippen molar-refractivity contribution in [3.63, 3.8) is 0 Å². The molecule has 0 radical (unpaired) electrons. The van der Waals surface area contributed by atoms with Gasteiger partial charge in [0.05, 0.1) is 7.11 Å². The summed E-state index contributed by atoms with van der Waals surface area (Å²) in [6.07, 6.45) is 1.47.